The van der Waals surface area contributed by atoms with Gasteiger partial charge in [-0.05, 0) is 40.4 Å². The van der Waals surface area contributed by atoms with Crippen LogP contribution in [0.25, 0.3) is 0 Å². The van der Waals surface area contributed by atoms with E-state index >= 15 is 0 Å². The highest BCUT2D eigenvalue weighted by atomic mass is 79.9. The predicted octanol–water partition coefficient (Wildman–Crippen LogP) is 3.77. The van der Waals surface area contributed by atoms with Gasteiger partial charge in [0.1, 0.15) is 11.6 Å². The minimum atomic E-state index is -0.270. The molecule has 1 saturated carbocycles. The van der Waals surface area contributed by atoms with Crippen molar-refractivity contribution in [1.82, 2.24) is 0 Å². The lowest BCUT2D eigenvalue weighted by Crippen LogP contribution is -1.98. The van der Waals surface area contributed by atoms with Gasteiger partial charge in [-0.15, -0.1) is 0 Å². The van der Waals surface area contributed by atoms with Crippen LogP contribution >= 0.6 is 15.9 Å². The molecule has 1 aliphatic rings. The summed E-state index contributed by atoms with van der Waals surface area (Å²) in [5.41, 5.74) is 0. The molecule has 0 amide bonds. The van der Waals surface area contributed by atoms with Crippen LogP contribution in [0.5, 0.6) is 5.75 Å². The van der Waals surface area contributed by atoms with Crippen molar-refractivity contribution in [2.45, 2.75) is 19.3 Å². The van der Waals surface area contributed by atoms with Crippen molar-refractivity contribution < 1.29 is 9.13 Å². The molecule has 0 heterocycles. The molecular formula is C11H12BrFO. The molecule has 0 aliphatic heterocycles. The minimum Gasteiger partial charge on any atom is -0.493 e. The van der Waals surface area contributed by atoms with Crippen molar-refractivity contribution >= 4 is 15.9 Å². The SMILES string of the molecule is Fc1cc(OCCC2CC2)ccc1Br. The summed E-state index contributed by atoms with van der Waals surface area (Å²) in [6.07, 6.45) is 3.76. The van der Waals surface area contributed by atoms with Gasteiger partial charge in [0.2, 0.25) is 0 Å². The van der Waals surface area contributed by atoms with Crippen LogP contribution in [-0.4, -0.2) is 6.61 Å². The Morgan fingerprint density at radius 1 is 1.43 bits per heavy atom. The molecule has 0 aromatic heterocycles. The van der Waals surface area contributed by atoms with Crippen molar-refractivity contribution in [2.75, 3.05) is 6.61 Å². The maximum atomic E-state index is 13.1. The van der Waals surface area contributed by atoms with Gasteiger partial charge in [-0.2, -0.15) is 0 Å². The summed E-state index contributed by atoms with van der Waals surface area (Å²) in [5, 5.41) is 0. The fourth-order valence-corrected chi connectivity index (χ4v) is 1.56. The normalized spacial score (nSPS) is 15.6. The minimum absolute atomic E-state index is 0.270. The fourth-order valence-electron chi connectivity index (χ4n) is 1.32. The van der Waals surface area contributed by atoms with E-state index in [1.165, 1.54) is 18.9 Å². The maximum absolute atomic E-state index is 13.1. The summed E-state index contributed by atoms with van der Waals surface area (Å²) >= 11 is 3.10. The van der Waals surface area contributed by atoms with E-state index in [-0.39, 0.29) is 5.82 Å². The number of halogens is 2. The van der Waals surface area contributed by atoms with Crippen molar-refractivity contribution in [3.63, 3.8) is 0 Å². The van der Waals surface area contributed by atoms with Gasteiger partial charge in [-0.1, -0.05) is 12.8 Å². The van der Waals surface area contributed by atoms with Gasteiger partial charge in [0.15, 0.2) is 0 Å². The third-order valence-electron chi connectivity index (χ3n) is 2.38. The molecule has 1 aromatic rings. The van der Waals surface area contributed by atoms with Gasteiger partial charge in [0.05, 0.1) is 11.1 Å². The maximum Gasteiger partial charge on any atom is 0.141 e. The molecule has 0 radical (unpaired) electrons. The Balaban J connectivity index is 1.85. The summed E-state index contributed by atoms with van der Waals surface area (Å²) in [7, 11) is 0. The number of ether oxygens (including phenoxy) is 1. The standard InChI is InChI=1S/C11H12BrFO/c12-10-4-3-9(7-11(10)13)14-6-5-8-1-2-8/h3-4,7-8H,1-2,5-6H2. The second-order valence-electron chi connectivity index (χ2n) is 3.66. The quantitative estimate of drug-likeness (QED) is 0.799. The molecule has 0 saturated heterocycles. The lowest BCUT2D eigenvalue weighted by molar-refractivity contribution is 0.301. The third-order valence-corrected chi connectivity index (χ3v) is 3.03. The van der Waals surface area contributed by atoms with Crippen LogP contribution in [0.3, 0.4) is 0 Å². The van der Waals surface area contributed by atoms with Crippen molar-refractivity contribution in [3.05, 3.63) is 28.5 Å². The molecule has 2 rings (SSSR count). The molecule has 76 valence electrons. The van der Waals surface area contributed by atoms with Gasteiger partial charge in [0.25, 0.3) is 0 Å². The molecular weight excluding hydrogens is 247 g/mol. The number of hydrogen-bond acceptors (Lipinski definition) is 1. The van der Waals surface area contributed by atoms with Crippen LogP contribution in [0.2, 0.25) is 0 Å². The van der Waals surface area contributed by atoms with E-state index in [1.807, 2.05) is 0 Å². The van der Waals surface area contributed by atoms with Crippen LogP contribution in [0.15, 0.2) is 22.7 Å². The topological polar surface area (TPSA) is 9.23 Å². The second-order valence-corrected chi connectivity index (χ2v) is 4.51. The van der Waals surface area contributed by atoms with E-state index in [0.29, 0.717) is 16.8 Å². The zero-order valence-corrected chi connectivity index (χ0v) is 9.39. The highest BCUT2D eigenvalue weighted by molar-refractivity contribution is 9.10. The zero-order chi connectivity index (χ0) is 9.97. The molecule has 0 unspecified atom stereocenters. The van der Waals surface area contributed by atoms with Gasteiger partial charge >= 0.3 is 0 Å². The molecule has 14 heavy (non-hydrogen) atoms. The van der Waals surface area contributed by atoms with E-state index in [9.17, 15) is 4.39 Å². The van der Waals surface area contributed by atoms with Crippen molar-refractivity contribution in [1.29, 1.82) is 0 Å². The number of hydrogen-bond donors (Lipinski definition) is 0. The van der Waals surface area contributed by atoms with Crippen LogP contribution in [0.4, 0.5) is 4.39 Å². The first-order chi connectivity index (χ1) is 6.75. The summed E-state index contributed by atoms with van der Waals surface area (Å²) in [5.74, 6) is 1.20. The highest BCUT2D eigenvalue weighted by Crippen LogP contribution is 2.32. The van der Waals surface area contributed by atoms with Crippen molar-refractivity contribution in [2.24, 2.45) is 5.92 Å². The van der Waals surface area contributed by atoms with Gasteiger partial charge < -0.3 is 4.74 Å². The molecule has 1 nitrogen and oxygen atoms in total. The monoisotopic (exact) mass is 258 g/mol. The Morgan fingerprint density at radius 2 is 2.21 bits per heavy atom. The van der Waals surface area contributed by atoms with E-state index in [2.05, 4.69) is 15.9 Å². The third kappa shape index (κ3) is 2.71. The molecule has 3 heteroatoms. The first kappa shape index (κ1) is 9.97. The smallest absolute Gasteiger partial charge is 0.141 e. The molecule has 0 bridgehead atoms. The Kier molecular flexibility index (Phi) is 3.06. The summed E-state index contributed by atoms with van der Waals surface area (Å²) in [4.78, 5) is 0. The Hall–Kier alpha value is -0.570. The van der Waals surface area contributed by atoms with E-state index in [4.69, 9.17) is 4.74 Å². The van der Waals surface area contributed by atoms with Crippen LogP contribution in [0, 0.1) is 11.7 Å². The summed E-state index contributed by atoms with van der Waals surface area (Å²) in [6.45, 7) is 0.700. The van der Waals surface area contributed by atoms with Crippen LogP contribution in [-0.2, 0) is 0 Å². The Bertz CT molecular complexity index is 323. The zero-order valence-electron chi connectivity index (χ0n) is 7.80. The molecule has 1 aliphatic carbocycles. The Labute approximate surface area is 91.4 Å². The molecule has 0 N–H and O–H groups in total. The highest BCUT2D eigenvalue weighted by Gasteiger charge is 2.20. The van der Waals surface area contributed by atoms with E-state index in [0.717, 1.165) is 12.3 Å². The van der Waals surface area contributed by atoms with Crippen LogP contribution < -0.4 is 4.74 Å². The molecule has 1 aromatic carbocycles. The Morgan fingerprint density at radius 3 is 2.86 bits per heavy atom. The lowest BCUT2D eigenvalue weighted by atomic mass is 10.3. The number of rotatable bonds is 4. The van der Waals surface area contributed by atoms with Gasteiger partial charge in [-0.25, -0.2) is 4.39 Å². The fraction of sp³-hybridized carbons (Fsp3) is 0.455. The van der Waals surface area contributed by atoms with E-state index in [1.54, 1.807) is 12.1 Å². The first-order valence-electron chi connectivity index (χ1n) is 4.83. The average molecular weight is 259 g/mol. The van der Waals surface area contributed by atoms with Gasteiger partial charge in [-0.3, -0.25) is 0 Å². The first-order valence-corrected chi connectivity index (χ1v) is 5.63. The molecule has 0 spiro atoms. The van der Waals surface area contributed by atoms with Crippen LogP contribution in [0.1, 0.15) is 19.3 Å². The number of benzene rings is 1. The molecule has 0 atom stereocenters. The summed E-state index contributed by atoms with van der Waals surface area (Å²) < 4.78 is 19.0. The largest absolute Gasteiger partial charge is 0.493 e. The lowest BCUT2D eigenvalue weighted by Gasteiger charge is -2.05. The molecule has 1 fully saturated rings. The van der Waals surface area contributed by atoms with E-state index < -0.39 is 0 Å². The summed E-state index contributed by atoms with van der Waals surface area (Å²) in [6, 6.07) is 4.86. The average Bonchev–Trinajstić information content (AvgIpc) is 2.95. The second kappa shape index (κ2) is 4.30. The van der Waals surface area contributed by atoms with Crippen molar-refractivity contribution in [3.8, 4) is 5.75 Å². The predicted molar refractivity (Wildman–Crippen MR) is 56.9 cm³/mol. The van der Waals surface area contributed by atoms with Gasteiger partial charge in [0, 0.05) is 6.07 Å².